The molecule has 7 heteroatoms. The van der Waals surface area contributed by atoms with E-state index >= 15 is 0 Å². The summed E-state index contributed by atoms with van der Waals surface area (Å²) in [6.45, 7) is -0.425. The smallest absolute Gasteiger partial charge is 0.341 e. The Labute approximate surface area is 189 Å². The van der Waals surface area contributed by atoms with Crippen LogP contribution in [0.4, 0.5) is 0 Å². The van der Waals surface area contributed by atoms with Crippen LogP contribution in [-0.2, 0) is 4.79 Å². The predicted molar refractivity (Wildman–Crippen MR) is 124 cm³/mol. The molecule has 0 fully saturated rings. The number of aromatic amines is 1. The SMILES string of the molecule is O=C(O)COc1cccc(-c2ocnc2-c2nc(-c3ccccc3)c(-c3ccccc3)[nH]2)c1. The van der Waals surface area contributed by atoms with Crippen LogP contribution in [0.25, 0.3) is 45.4 Å². The van der Waals surface area contributed by atoms with Crippen molar-refractivity contribution in [2.45, 2.75) is 0 Å². The molecule has 0 atom stereocenters. The Kier molecular flexibility index (Phi) is 5.43. The molecule has 0 spiro atoms. The summed E-state index contributed by atoms with van der Waals surface area (Å²) in [7, 11) is 0. The highest BCUT2D eigenvalue weighted by Gasteiger charge is 2.21. The Morgan fingerprint density at radius 2 is 1.58 bits per heavy atom. The highest BCUT2D eigenvalue weighted by molar-refractivity contribution is 5.83. The molecular weight excluding hydrogens is 418 g/mol. The number of benzene rings is 3. The lowest BCUT2D eigenvalue weighted by atomic mass is 10.1. The molecule has 5 aromatic rings. The van der Waals surface area contributed by atoms with Crippen LogP contribution in [0.1, 0.15) is 0 Å². The van der Waals surface area contributed by atoms with Gasteiger partial charge in [-0.05, 0) is 12.1 Å². The minimum Gasteiger partial charge on any atom is -0.482 e. The van der Waals surface area contributed by atoms with Gasteiger partial charge < -0.3 is 19.2 Å². The number of carboxylic acids is 1. The number of nitrogens with one attached hydrogen (secondary N) is 1. The van der Waals surface area contributed by atoms with E-state index in [1.54, 1.807) is 18.2 Å². The van der Waals surface area contributed by atoms with E-state index in [9.17, 15) is 4.79 Å². The molecule has 0 aliphatic rings. The molecule has 0 bridgehead atoms. The molecule has 2 aromatic heterocycles. The molecule has 0 unspecified atom stereocenters. The van der Waals surface area contributed by atoms with Crippen molar-refractivity contribution in [1.29, 1.82) is 0 Å². The van der Waals surface area contributed by atoms with Gasteiger partial charge in [0.05, 0.1) is 11.4 Å². The van der Waals surface area contributed by atoms with Gasteiger partial charge in [0, 0.05) is 16.7 Å². The van der Waals surface area contributed by atoms with Gasteiger partial charge in [0.1, 0.15) is 5.75 Å². The summed E-state index contributed by atoms with van der Waals surface area (Å²) in [6.07, 6.45) is 1.36. The van der Waals surface area contributed by atoms with Crippen LogP contribution in [0, 0.1) is 0 Å². The molecule has 2 N–H and O–H groups in total. The van der Waals surface area contributed by atoms with Crippen LogP contribution in [-0.4, -0.2) is 32.6 Å². The largest absolute Gasteiger partial charge is 0.482 e. The van der Waals surface area contributed by atoms with E-state index in [0.29, 0.717) is 28.6 Å². The molecule has 3 aromatic carbocycles. The summed E-state index contributed by atoms with van der Waals surface area (Å²) < 4.78 is 11.0. The maximum atomic E-state index is 10.8. The molecule has 33 heavy (non-hydrogen) atoms. The Balaban J connectivity index is 1.59. The van der Waals surface area contributed by atoms with Crippen LogP contribution in [0.3, 0.4) is 0 Å². The van der Waals surface area contributed by atoms with Gasteiger partial charge in [0.2, 0.25) is 0 Å². The average molecular weight is 437 g/mol. The molecule has 0 saturated carbocycles. The predicted octanol–water partition coefficient (Wildman–Crippen LogP) is 5.53. The van der Waals surface area contributed by atoms with E-state index in [-0.39, 0.29) is 0 Å². The molecule has 7 nitrogen and oxygen atoms in total. The zero-order valence-corrected chi connectivity index (χ0v) is 17.4. The van der Waals surface area contributed by atoms with E-state index in [2.05, 4.69) is 9.97 Å². The highest BCUT2D eigenvalue weighted by atomic mass is 16.5. The van der Waals surface area contributed by atoms with Crippen molar-refractivity contribution in [3.05, 3.63) is 91.3 Å². The van der Waals surface area contributed by atoms with Gasteiger partial charge in [0.15, 0.2) is 30.3 Å². The molecule has 0 aliphatic heterocycles. The highest BCUT2D eigenvalue weighted by Crippen LogP contribution is 2.36. The van der Waals surface area contributed by atoms with E-state index in [4.69, 9.17) is 19.2 Å². The molecule has 2 heterocycles. The van der Waals surface area contributed by atoms with Crippen molar-refractivity contribution >= 4 is 5.97 Å². The molecule has 162 valence electrons. The van der Waals surface area contributed by atoms with Crippen LogP contribution >= 0.6 is 0 Å². The zero-order chi connectivity index (χ0) is 22.6. The summed E-state index contributed by atoms with van der Waals surface area (Å²) in [5.41, 5.74) is 4.92. The zero-order valence-electron chi connectivity index (χ0n) is 17.4. The molecule has 0 radical (unpaired) electrons. The number of carbonyl (C=O) groups is 1. The van der Waals surface area contributed by atoms with Gasteiger partial charge in [-0.2, -0.15) is 0 Å². The molecular formula is C26H19N3O4. The minimum atomic E-state index is -1.04. The number of hydrogen-bond acceptors (Lipinski definition) is 5. The number of aliphatic carboxylic acids is 1. The van der Waals surface area contributed by atoms with E-state index in [0.717, 1.165) is 22.5 Å². The molecule has 0 aliphatic carbocycles. The van der Waals surface area contributed by atoms with Crippen molar-refractivity contribution < 1.29 is 19.1 Å². The number of ether oxygens (including phenoxy) is 1. The maximum Gasteiger partial charge on any atom is 0.341 e. The normalized spacial score (nSPS) is 10.8. The van der Waals surface area contributed by atoms with Crippen molar-refractivity contribution in [1.82, 2.24) is 15.0 Å². The standard InChI is InChI=1S/C26H19N3O4/c30-21(31)15-32-20-13-7-12-19(14-20)25-24(27-16-33-25)26-28-22(17-8-3-1-4-9-17)23(29-26)18-10-5-2-6-11-18/h1-14,16H,15H2,(H,28,29)(H,30,31). The lowest BCUT2D eigenvalue weighted by Gasteiger charge is -2.05. The summed E-state index contributed by atoms with van der Waals surface area (Å²) in [4.78, 5) is 23.5. The molecule has 0 amide bonds. The van der Waals surface area contributed by atoms with Crippen LogP contribution in [0.5, 0.6) is 5.75 Å². The number of nitrogens with zero attached hydrogens (tertiary/aromatic N) is 2. The first-order chi connectivity index (χ1) is 16.2. The molecule has 5 rings (SSSR count). The van der Waals surface area contributed by atoms with Crippen molar-refractivity contribution in [3.8, 4) is 51.1 Å². The van der Waals surface area contributed by atoms with Gasteiger partial charge in [-0.15, -0.1) is 0 Å². The summed E-state index contributed by atoms with van der Waals surface area (Å²) in [5.74, 6) is 0.446. The lowest BCUT2D eigenvalue weighted by Crippen LogP contribution is -2.09. The van der Waals surface area contributed by atoms with Crippen LogP contribution in [0.15, 0.2) is 95.7 Å². The number of aromatic nitrogens is 3. The maximum absolute atomic E-state index is 10.8. The second kappa shape index (κ2) is 8.84. The van der Waals surface area contributed by atoms with Crippen LogP contribution < -0.4 is 4.74 Å². The van der Waals surface area contributed by atoms with E-state index in [1.165, 1.54) is 6.39 Å². The first kappa shape index (κ1) is 20.3. The van der Waals surface area contributed by atoms with E-state index < -0.39 is 12.6 Å². The fourth-order valence-corrected chi connectivity index (χ4v) is 3.60. The Hall–Kier alpha value is -4.65. The fourth-order valence-electron chi connectivity index (χ4n) is 3.60. The lowest BCUT2D eigenvalue weighted by molar-refractivity contribution is -0.139. The Morgan fingerprint density at radius 1 is 0.879 bits per heavy atom. The number of H-pyrrole nitrogens is 1. The van der Waals surface area contributed by atoms with Gasteiger partial charge in [-0.3, -0.25) is 0 Å². The monoisotopic (exact) mass is 437 g/mol. The van der Waals surface area contributed by atoms with Crippen LogP contribution in [0.2, 0.25) is 0 Å². The quantitative estimate of drug-likeness (QED) is 0.347. The van der Waals surface area contributed by atoms with Crippen molar-refractivity contribution in [2.24, 2.45) is 0 Å². The fraction of sp³-hybridized carbons (Fsp3) is 0.0385. The topological polar surface area (TPSA) is 101 Å². The second-order valence-electron chi connectivity index (χ2n) is 7.28. The third kappa shape index (κ3) is 4.24. The van der Waals surface area contributed by atoms with Gasteiger partial charge in [-0.1, -0.05) is 72.8 Å². The number of imidazole rings is 1. The Morgan fingerprint density at radius 3 is 2.30 bits per heavy atom. The van der Waals surface area contributed by atoms with E-state index in [1.807, 2.05) is 66.7 Å². The third-order valence-electron chi connectivity index (χ3n) is 5.06. The summed E-state index contributed by atoms with van der Waals surface area (Å²) in [5, 5.41) is 8.87. The number of oxazole rings is 1. The first-order valence-electron chi connectivity index (χ1n) is 10.3. The summed E-state index contributed by atoms with van der Waals surface area (Å²) >= 11 is 0. The minimum absolute atomic E-state index is 0.423. The van der Waals surface area contributed by atoms with Gasteiger partial charge in [0.25, 0.3) is 0 Å². The number of hydrogen-bond donors (Lipinski definition) is 2. The third-order valence-corrected chi connectivity index (χ3v) is 5.06. The van der Waals surface area contributed by atoms with Crippen molar-refractivity contribution in [3.63, 3.8) is 0 Å². The summed E-state index contributed by atoms with van der Waals surface area (Å²) in [6, 6.07) is 26.9. The second-order valence-corrected chi connectivity index (χ2v) is 7.28. The first-order valence-corrected chi connectivity index (χ1v) is 10.3. The van der Waals surface area contributed by atoms with Crippen molar-refractivity contribution in [2.75, 3.05) is 6.61 Å². The Bertz CT molecular complexity index is 1330. The molecule has 0 saturated heterocycles. The van der Waals surface area contributed by atoms with Gasteiger partial charge in [-0.25, -0.2) is 14.8 Å². The number of carboxylic acid groups (broad SMARTS) is 1. The average Bonchev–Trinajstić information content (AvgIpc) is 3.52. The van der Waals surface area contributed by atoms with Gasteiger partial charge >= 0.3 is 5.97 Å². The number of rotatable bonds is 7.